The average molecular weight is 359 g/mol. The predicted octanol–water partition coefficient (Wildman–Crippen LogP) is 4.64. The van der Waals surface area contributed by atoms with E-state index in [9.17, 15) is 9.18 Å². The number of piperidine rings is 1. The van der Waals surface area contributed by atoms with Gasteiger partial charge in [-0.15, -0.1) is 6.58 Å². The van der Waals surface area contributed by atoms with Crippen LogP contribution in [-0.4, -0.2) is 18.5 Å². The van der Waals surface area contributed by atoms with Crippen molar-refractivity contribution < 1.29 is 9.18 Å². The van der Waals surface area contributed by atoms with Gasteiger partial charge < -0.3 is 10.6 Å². The third-order valence-corrected chi connectivity index (χ3v) is 4.85. The first-order valence-corrected chi connectivity index (χ1v) is 8.68. The Kier molecular flexibility index (Phi) is 5.51. The number of amides is 1. The minimum absolute atomic E-state index is 0.162. The molecule has 1 aliphatic heterocycles. The topological polar surface area (TPSA) is 41.1 Å². The summed E-state index contributed by atoms with van der Waals surface area (Å²) in [7, 11) is 0. The molecular formula is C20H20ClFN2O. The summed E-state index contributed by atoms with van der Waals surface area (Å²) in [5.41, 5.74) is 1.13. The normalized spacial score (nSPS) is 20.1. The van der Waals surface area contributed by atoms with Crippen molar-refractivity contribution >= 4 is 23.2 Å². The van der Waals surface area contributed by atoms with Gasteiger partial charge in [0, 0.05) is 22.7 Å². The third kappa shape index (κ3) is 3.91. The lowest BCUT2D eigenvalue weighted by Gasteiger charge is -2.27. The Morgan fingerprint density at radius 1 is 1.20 bits per heavy atom. The van der Waals surface area contributed by atoms with Crippen molar-refractivity contribution in [3.05, 3.63) is 66.0 Å². The summed E-state index contributed by atoms with van der Waals surface area (Å²) in [4.78, 5) is 12.4. The van der Waals surface area contributed by atoms with E-state index in [4.69, 9.17) is 11.6 Å². The average Bonchev–Trinajstić information content (AvgIpc) is 2.64. The third-order valence-electron chi connectivity index (χ3n) is 4.52. The zero-order valence-electron chi connectivity index (χ0n) is 13.8. The smallest absolute Gasteiger partial charge is 0.241 e. The summed E-state index contributed by atoms with van der Waals surface area (Å²) in [5.74, 6) is -0.328. The van der Waals surface area contributed by atoms with Gasteiger partial charge in [-0.1, -0.05) is 48.0 Å². The second kappa shape index (κ2) is 7.81. The van der Waals surface area contributed by atoms with Gasteiger partial charge in [-0.2, -0.15) is 0 Å². The summed E-state index contributed by atoms with van der Waals surface area (Å²) in [5, 5.41) is 6.35. The molecule has 5 heteroatoms. The molecule has 2 aromatic rings. The summed E-state index contributed by atoms with van der Waals surface area (Å²) in [6.45, 7) is 4.49. The highest BCUT2D eigenvalue weighted by Crippen LogP contribution is 2.32. The van der Waals surface area contributed by atoms with E-state index >= 15 is 0 Å². The van der Waals surface area contributed by atoms with Gasteiger partial charge in [-0.25, -0.2) is 4.39 Å². The standard InChI is InChI=1S/C20H20ClFN2O/c1-2-13-10-11-18(23-12-13)20(25)24-17-9-5-7-15(19(17)22)14-6-3-4-8-16(14)21/h2-9,13,18,23H,1,10-12H2,(H,24,25)/t13-,18+/m1/s1. The van der Waals surface area contributed by atoms with Crippen LogP contribution in [0.15, 0.2) is 55.1 Å². The summed E-state index contributed by atoms with van der Waals surface area (Å²) >= 11 is 6.17. The number of hydrogen-bond acceptors (Lipinski definition) is 2. The van der Waals surface area contributed by atoms with Crippen LogP contribution in [0.25, 0.3) is 11.1 Å². The highest BCUT2D eigenvalue weighted by Gasteiger charge is 2.25. The fraction of sp³-hybridized carbons (Fsp3) is 0.250. The lowest BCUT2D eigenvalue weighted by atomic mass is 9.94. The van der Waals surface area contributed by atoms with E-state index in [0.717, 1.165) is 6.42 Å². The van der Waals surface area contributed by atoms with Gasteiger partial charge in [0.15, 0.2) is 5.82 Å². The van der Waals surface area contributed by atoms with Crippen LogP contribution in [0.4, 0.5) is 10.1 Å². The Morgan fingerprint density at radius 3 is 2.64 bits per heavy atom. The van der Waals surface area contributed by atoms with Crippen LogP contribution in [0.5, 0.6) is 0 Å². The molecule has 0 unspecified atom stereocenters. The minimum atomic E-state index is -0.483. The first-order chi connectivity index (χ1) is 12.1. The van der Waals surface area contributed by atoms with E-state index in [-0.39, 0.29) is 17.6 Å². The van der Waals surface area contributed by atoms with Crippen LogP contribution in [0.3, 0.4) is 0 Å². The summed E-state index contributed by atoms with van der Waals surface area (Å²) in [6, 6.07) is 11.7. The molecule has 1 aliphatic rings. The molecule has 1 saturated heterocycles. The molecule has 0 aliphatic carbocycles. The van der Waals surface area contributed by atoms with Gasteiger partial charge in [-0.3, -0.25) is 4.79 Å². The quantitative estimate of drug-likeness (QED) is 0.782. The summed E-state index contributed by atoms with van der Waals surface area (Å²) in [6.07, 6.45) is 3.50. The molecule has 1 amide bonds. The van der Waals surface area contributed by atoms with E-state index in [0.29, 0.717) is 35.0 Å². The van der Waals surface area contributed by atoms with Gasteiger partial charge in [0.25, 0.3) is 0 Å². The van der Waals surface area contributed by atoms with Crippen LogP contribution in [0.1, 0.15) is 12.8 Å². The Labute approximate surface area is 151 Å². The Bertz CT molecular complexity index is 785. The molecule has 0 saturated carbocycles. The van der Waals surface area contributed by atoms with Crippen LogP contribution in [0, 0.1) is 11.7 Å². The van der Waals surface area contributed by atoms with Crippen molar-refractivity contribution in [2.45, 2.75) is 18.9 Å². The molecule has 130 valence electrons. The van der Waals surface area contributed by atoms with Crippen LogP contribution in [-0.2, 0) is 4.79 Å². The number of nitrogens with one attached hydrogen (secondary N) is 2. The molecule has 2 atom stereocenters. The Morgan fingerprint density at radius 2 is 1.96 bits per heavy atom. The second-order valence-electron chi connectivity index (χ2n) is 6.17. The maximum atomic E-state index is 14.9. The lowest BCUT2D eigenvalue weighted by molar-refractivity contribution is -0.118. The van der Waals surface area contributed by atoms with E-state index in [2.05, 4.69) is 17.2 Å². The monoisotopic (exact) mass is 358 g/mol. The first kappa shape index (κ1) is 17.6. The van der Waals surface area contributed by atoms with Crippen molar-refractivity contribution in [3.8, 4) is 11.1 Å². The van der Waals surface area contributed by atoms with Gasteiger partial charge in [-0.05, 0) is 30.9 Å². The molecule has 0 aromatic heterocycles. The first-order valence-electron chi connectivity index (χ1n) is 8.30. The fourth-order valence-corrected chi connectivity index (χ4v) is 3.28. The van der Waals surface area contributed by atoms with Crippen molar-refractivity contribution in [2.24, 2.45) is 5.92 Å². The van der Waals surface area contributed by atoms with Gasteiger partial charge in [0.05, 0.1) is 11.7 Å². The van der Waals surface area contributed by atoms with E-state index in [1.165, 1.54) is 0 Å². The van der Waals surface area contributed by atoms with Crippen LogP contribution < -0.4 is 10.6 Å². The number of anilines is 1. The van der Waals surface area contributed by atoms with Gasteiger partial charge >= 0.3 is 0 Å². The molecule has 25 heavy (non-hydrogen) atoms. The van der Waals surface area contributed by atoms with Crippen molar-refractivity contribution in [1.82, 2.24) is 5.32 Å². The number of hydrogen-bond donors (Lipinski definition) is 2. The van der Waals surface area contributed by atoms with Gasteiger partial charge in [0.2, 0.25) is 5.91 Å². The van der Waals surface area contributed by atoms with E-state index in [1.807, 2.05) is 6.08 Å². The zero-order chi connectivity index (χ0) is 17.8. The SMILES string of the molecule is C=C[C@@H]1CC[C@@H](C(=O)Nc2cccc(-c3ccccc3Cl)c2F)NC1. The van der Waals surface area contributed by atoms with Crippen molar-refractivity contribution in [2.75, 3.05) is 11.9 Å². The molecule has 2 aromatic carbocycles. The van der Waals surface area contributed by atoms with Crippen LogP contribution >= 0.6 is 11.6 Å². The molecule has 2 N–H and O–H groups in total. The molecule has 0 spiro atoms. The zero-order valence-corrected chi connectivity index (χ0v) is 14.5. The molecular weight excluding hydrogens is 339 g/mol. The highest BCUT2D eigenvalue weighted by molar-refractivity contribution is 6.33. The van der Waals surface area contributed by atoms with Crippen LogP contribution in [0.2, 0.25) is 5.02 Å². The number of rotatable bonds is 4. The largest absolute Gasteiger partial charge is 0.322 e. The number of benzene rings is 2. The molecule has 3 nitrogen and oxygen atoms in total. The Balaban J connectivity index is 1.78. The highest BCUT2D eigenvalue weighted by atomic mass is 35.5. The predicted molar refractivity (Wildman–Crippen MR) is 100 cm³/mol. The molecule has 3 rings (SSSR count). The summed E-state index contributed by atoms with van der Waals surface area (Å²) < 4.78 is 14.9. The number of halogens is 2. The lowest BCUT2D eigenvalue weighted by Crippen LogP contribution is -2.46. The second-order valence-corrected chi connectivity index (χ2v) is 6.58. The maximum absolute atomic E-state index is 14.9. The maximum Gasteiger partial charge on any atom is 0.241 e. The van der Waals surface area contributed by atoms with E-state index < -0.39 is 5.82 Å². The van der Waals surface area contributed by atoms with Gasteiger partial charge in [0.1, 0.15) is 0 Å². The Hall–Kier alpha value is -2.17. The van der Waals surface area contributed by atoms with Crippen molar-refractivity contribution in [3.63, 3.8) is 0 Å². The molecule has 0 radical (unpaired) electrons. The fourth-order valence-electron chi connectivity index (χ4n) is 3.04. The van der Waals surface area contributed by atoms with Crippen molar-refractivity contribution in [1.29, 1.82) is 0 Å². The number of carbonyl (C=O) groups is 1. The molecule has 1 fully saturated rings. The minimum Gasteiger partial charge on any atom is -0.322 e. The molecule has 0 bridgehead atoms. The van der Waals surface area contributed by atoms with E-state index in [1.54, 1.807) is 42.5 Å². The number of carbonyl (C=O) groups excluding carboxylic acids is 1. The molecule has 1 heterocycles.